The topological polar surface area (TPSA) is 69.9 Å². The van der Waals surface area contributed by atoms with Crippen LogP contribution >= 0.6 is 24.0 Å². The van der Waals surface area contributed by atoms with Crippen molar-refractivity contribution in [3.05, 3.63) is 58.9 Å². The zero-order valence-corrected chi connectivity index (χ0v) is 17.4. The van der Waals surface area contributed by atoms with Crippen molar-refractivity contribution >= 4 is 29.9 Å². The first-order valence-corrected chi connectivity index (χ1v) is 8.09. The van der Waals surface area contributed by atoms with Gasteiger partial charge in [-0.3, -0.25) is 4.99 Å². The van der Waals surface area contributed by atoms with Crippen molar-refractivity contribution in [1.82, 2.24) is 10.2 Å². The molecule has 27 heavy (non-hydrogen) atoms. The van der Waals surface area contributed by atoms with Crippen LogP contribution in [0.15, 0.2) is 41.4 Å². The smallest absolute Gasteiger partial charge is 0.231 e. The number of nitriles is 1. The van der Waals surface area contributed by atoms with Gasteiger partial charge in [-0.15, -0.1) is 24.0 Å². The Morgan fingerprint density at radius 2 is 2.04 bits per heavy atom. The summed E-state index contributed by atoms with van der Waals surface area (Å²) < 4.78 is 24.6. The van der Waals surface area contributed by atoms with E-state index >= 15 is 0 Å². The molecule has 1 aliphatic rings. The fraction of sp³-hybridized carbons (Fsp3) is 0.263. The summed E-state index contributed by atoms with van der Waals surface area (Å²) in [6.45, 7) is 1.07. The highest BCUT2D eigenvalue weighted by Gasteiger charge is 2.15. The lowest BCUT2D eigenvalue weighted by atomic mass is 10.1. The Labute approximate surface area is 174 Å². The Balaban J connectivity index is 0.00000261. The number of guanidine groups is 1. The average Bonchev–Trinajstić information content (AvgIpc) is 3.11. The molecule has 0 amide bonds. The second-order valence-electron chi connectivity index (χ2n) is 5.86. The molecule has 1 aliphatic heterocycles. The summed E-state index contributed by atoms with van der Waals surface area (Å²) in [4.78, 5) is 6.15. The minimum Gasteiger partial charge on any atom is -0.454 e. The van der Waals surface area contributed by atoms with Crippen molar-refractivity contribution in [2.24, 2.45) is 4.99 Å². The lowest BCUT2D eigenvalue weighted by Gasteiger charge is -2.22. The number of nitrogens with zero attached hydrogens (tertiary/aromatic N) is 3. The monoisotopic (exact) mass is 482 g/mol. The van der Waals surface area contributed by atoms with Crippen LogP contribution in [0.2, 0.25) is 0 Å². The predicted molar refractivity (Wildman–Crippen MR) is 111 cm³/mol. The highest BCUT2D eigenvalue weighted by molar-refractivity contribution is 14.0. The normalized spacial score (nSPS) is 12.1. The summed E-state index contributed by atoms with van der Waals surface area (Å²) in [5.74, 6) is 1.73. The highest BCUT2D eigenvalue weighted by Crippen LogP contribution is 2.32. The molecule has 0 atom stereocenters. The number of hydrogen-bond acceptors (Lipinski definition) is 4. The molecule has 1 heterocycles. The van der Waals surface area contributed by atoms with Gasteiger partial charge in [-0.25, -0.2) is 4.39 Å². The van der Waals surface area contributed by atoms with E-state index < -0.39 is 0 Å². The number of aliphatic imine (C=N–C) groups is 1. The molecule has 0 radical (unpaired) electrons. The van der Waals surface area contributed by atoms with Crippen LogP contribution in [-0.4, -0.2) is 31.7 Å². The Morgan fingerprint density at radius 3 is 2.78 bits per heavy atom. The lowest BCUT2D eigenvalue weighted by molar-refractivity contribution is 0.174. The lowest BCUT2D eigenvalue weighted by Crippen LogP contribution is -2.38. The van der Waals surface area contributed by atoms with Gasteiger partial charge in [0.25, 0.3) is 0 Å². The van der Waals surface area contributed by atoms with E-state index in [-0.39, 0.29) is 43.1 Å². The van der Waals surface area contributed by atoms with Crippen molar-refractivity contribution in [1.29, 1.82) is 5.26 Å². The first-order valence-electron chi connectivity index (χ1n) is 8.09. The summed E-state index contributed by atoms with van der Waals surface area (Å²) >= 11 is 0. The van der Waals surface area contributed by atoms with Gasteiger partial charge in [0, 0.05) is 32.7 Å². The molecule has 0 fully saturated rings. The molecular weight excluding hydrogens is 462 g/mol. The molecule has 1 N–H and O–H groups in total. The maximum absolute atomic E-state index is 13.9. The van der Waals surface area contributed by atoms with Crippen LogP contribution in [0.25, 0.3) is 0 Å². The minimum atomic E-state index is -0.356. The summed E-state index contributed by atoms with van der Waals surface area (Å²) in [5.41, 5.74) is 1.88. The molecule has 0 saturated carbocycles. The van der Waals surface area contributed by atoms with Crippen LogP contribution in [0.5, 0.6) is 11.5 Å². The van der Waals surface area contributed by atoms with Crippen molar-refractivity contribution in [3.63, 3.8) is 0 Å². The van der Waals surface area contributed by atoms with Crippen molar-refractivity contribution in [3.8, 4) is 17.6 Å². The summed E-state index contributed by atoms with van der Waals surface area (Å²) in [5, 5.41) is 12.1. The summed E-state index contributed by atoms with van der Waals surface area (Å²) in [7, 11) is 3.56. The fourth-order valence-electron chi connectivity index (χ4n) is 2.73. The number of hydrogen-bond donors (Lipinski definition) is 1. The Kier molecular flexibility index (Phi) is 7.24. The van der Waals surface area contributed by atoms with Gasteiger partial charge in [0.1, 0.15) is 5.82 Å². The standard InChI is InChI=1S/C19H19FN4O2.HI/c1-22-19(23-10-15-7-13(9-21)3-5-16(15)20)24(2)11-14-4-6-17-18(8-14)26-12-25-17;/h3-8H,10-12H2,1-2H3,(H,22,23);1H. The molecule has 0 unspecified atom stereocenters. The zero-order valence-electron chi connectivity index (χ0n) is 15.0. The molecule has 8 heteroatoms. The van der Waals surface area contributed by atoms with E-state index in [4.69, 9.17) is 14.7 Å². The number of ether oxygens (including phenoxy) is 2. The maximum Gasteiger partial charge on any atom is 0.231 e. The molecule has 0 aliphatic carbocycles. The van der Waals surface area contributed by atoms with Crippen molar-refractivity contribution in [2.45, 2.75) is 13.1 Å². The van der Waals surface area contributed by atoms with Gasteiger partial charge in [0.15, 0.2) is 17.5 Å². The third-order valence-electron chi connectivity index (χ3n) is 4.04. The number of benzene rings is 2. The molecule has 0 aromatic heterocycles. The third-order valence-corrected chi connectivity index (χ3v) is 4.04. The van der Waals surface area contributed by atoms with Crippen LogP contribution < -0.4 is 14.8 Å². The van der Waals surface area contributed by atoms with Gasteiger partial charge in [-0.2, -0.15) is 5.26 Å². The maximum atomic E-state index is 13.9. The molecule has 3 rings (SSSR count). The van der Waals surface area contributed by atoms with E-state index in [9.17, 15) is 4.39 Å². The molecule has 2 aromatic carbocycles. The summed E-state index contributed by atoms with van der Waals surface area (Å²) in [6, 6.07) is 12.1. The van der Waals surface area contributed by atoms with E-state index in [2.05, 4.69) is 10.3 Å². The van der Waals surface area contributed by atoms with Crippen LogP contribution in [0.3, 0.4) is 0 Å². The van der Waals surface area contributed by atoms with Crippen molar-refractivity contribution in [2.75, 3.05) is 20.9 Å². The number of nitrogens with one attached hydrogen (secondary N) is 1. The van der Waals surface area contributed by atoms with E-state index in [0.717, 1.165) is 17.1 Å². The zero-order chi connectivity index (χ0) is 18.5. The number of rotatable bonds is 4. The number of halogens is 2. The average molecular weight is 482 g/mol. The fourth-order valence-corrected chi connectivity index (χ4v) is 2.73. The Bertz CT molecular complexity index is 882. The highest BCUT2D eigenvalue weighted by atomic mass is 127. The van der Waals surface area contributed by atoms with Gasteiger partial charge >= 0.3 is 0 Å². The van der Waals surface area contributed by atoms with Gasteiger partial charge in [0.05, 0.1) is 11.6 Å². The number of fused-ring (bicyclic) bond motifs is 1. The van der Waals surface area contributed by atoms with Crippen LogP contribution in [0.1, 0.15) is 16.7 Å². The summed E-state index contributed by atoms with van der Waals surface area (Å²) in [6.07, 6.45) is 0. The molecule has 0 bridgehead atoms. The largest absolute Gasteiger partial charge is 0.454 e. The molecular formula is C19H20FIN4O2. The molecule has 2 aromatic rings. The van der Waals surface area contributed by atoms with Gasteiger partial charge < -0.3 is 19.7 Å². The molecule has 142 valence electrons. The minimum absolute atomic E-state index is 0. The molecule has 0 saturated heterocycles. The van der Waals surface area contributed by atoms with Crippen LogP contribution in [0.4, 0.5) is 4.39 Å². The Morgan fingerprint density at radius 1 is 1.26 bits per heavy atom. The van der Waals surface area contributed by atoms with Gasteiger partial charge in [0.2, 0.25) is 6.79 Å². The Hall–Kier alpha value is -2.54. The predicted octanol–water partition coefficient (Wildman–Crippen LogP) is 3.25. The second-order valence-corrected chi connectivity index (χ2v) is 5.86. The van der Waals surface area contributed by atoms with E-state index in [0.29, 0.717) is 23.6 Å². The van der Waals surface area contributed by atoms with E-state index in [1.54, 1.807) is 7.05 Å². The van der Waals surface area contributed by atoms with Gasteiger partial charge in [-0.1, -0.05) is 6.07 Å². The third kappa shape index (κ3) is 5.01. The molecule has 6 nitrogen and oxygen atoms in total. The van der Waals surface area contributed by atoms with E-state index in [1.807, 2.05) is 36.2 Å². The van der Waals surface area contributed by atoms with Crippen molar-refractivity contribution < 1.29 is 13.9 Å². The molecule has 0 spiro atoms. The second kappa shape index (κ2) is 9.41. The van der Waals surface area contributed by atoms with Crippen LogP contribution in [0, 0.1) is 17.1 Å². The first-order chi connectivity index (χ1) is 12.6. The first kappa shape index (κ1) is 20.8. The van der Waals surface area contributed by atoms with E-state index in [1.165, 1.54) is 18.2 Å². The quantitative estimate of drug-likeness (QED) is 0.412. The van der Waals surface area contributed by atoms with Gasteiger partial charge in [-0.05, 0) is 35.9 Å². The SMILES string of the molecule is CN=C(NCc1cc(C#N)ccc1F)N(C)Cc1ccc2c(c1)OCO2.I. The van der Waals surface area contributed by atoms with Crippen LogP contribution in [-0.2, 0) is 13.1 Å².